The Morgan fingerprint density at radius 3 is 2.51 bits per heavy atom. The second kappa shape index (κ2) is 10.1. The molecule has 0 aliphatic heterocycles. The molecule has 2 heterocycles. The van der Waals surface area contributed by atoms with Crippen molar-refractivity contribution in [3.63, 3.8) is 0 Å². The van der Waals surface area contributed by atoms with E-state index >= 15 is 0 Å². The van der Waals surface area contributed by atoms with Gasteiger partial charge in [0.15, 0.2) is 0 Å². The Hall–Kier alpha value is -3.10. The Bertz CT molecular complexity index is 1890. The summed E-state index contributed by atoms with van der Waals surface area (Å²) in [6.07, 6.45) is 3.18. The van der Waals surface area contributed by atoms with Gasteiger partial charge >= 0.3 is 0 Å². The van der Waals surface area contributed by atoms with Crippen molar-refractivity contribution >= 4 is 60.5 Å². The first-order chi connectivity index (χ1) is 18.4. The van der Waals surface area contributed by atoms with Crippen LogP contribution in [0.1, 0.15) is 24.4 Å². The molecule has 0 amide bonds. The number of halogens is 2. The number of fused-ring (bicyclic) bond motifs is 1. The van der Waals surface area contributed by atoms with Crippen molar-refractivity contribution in [3.8, 4) is 11.3 Å². The van der Waals surface area contributed by atoms with Crippen LogP contribution in [0.4, 0.5) is 21.5 Å². The van der Waals surface area contributed by atoms with E-state index in [1.165, 1.54) is 15.3 Å². The maximum absolute atomic E-state index is 14.9. The fourth-order valence-electron chi connectivity index (χ4n) is 4.36. The fourth-order valence-corrected chi connectivity index (χ4v) is 5.49. The van der Waals surface area contributed by atoms with Gasteiger partial charge in [-0.1, -0.05) is 12.1 Å². The molecule has 0 radical (unpaired) electrons. The van der Waals surface area contributed by atoms with Gasteiger partial charge in [0.2, 0.25) is 0 Å². The molecule has 1 aliphatic carbocycles. The summed E-state index contributed by atoms with van der Waals surface area (Å²) < 4.78 is 37.4. The van der Waals surface area contributed by atoms with Gasteiger partial charge in [-0.3, -0.25) is 9.59 Å². The molecule has 2 aromatic carbocycles. The molecule has 1 fully saturated rings. The van der Waals surface area contributed by atoms with Crippen molar-refractivity contribution in [2.75, 3.05) is 25.7 Å². The van der Waals surface area contributed by atoms with Crippen LogP contribution >= 0.6 is 22.6 Å². The molecule has 0 unspecified atom stereocenters. The highest BCUT2D eigenvalue weighted by molar-refractivity contribution is 14.1. The first kappa shape index (κ1) is 27.5. The number of benzene rings is 2. The van der Waals surface area contributed by atoms with Gasteiger partial charge in [-0.05, 0) is 72.7 Å². The maximum atomic E-state index is 14.9. The molecule has 0 spiro atoms. The predicted octanol–water partition coefficient (Wildman–Crippen LogP) is 5.10. The molecule has 204 valence electrons. The smallest absolute Gasteiger partial charge is 0.278 e. The zero-order chi connectivity index (χ0) is 28.2. The number of hydrogen-bond donors (Lipinski definition) is 1. The Morgan fingerprint density at radius 2 is 1.87 bits per heavy atom. The second-order valence-electron chi connectivity index (χ2n) is 9.88. The molecule has 4 aromatic rings. The number of pyridine rings is 1. The Balaban J connectivity index is 1.84. The maximum Gasteiger partial charge on any atom is 0.278 e. The van der Waals surface area contributed by atoms with E-state index < -0.39 is 15.7 Å². The van der Waals surface area contributed by atoms with Crippen LogP contribution in [0.2, 0.25) is 0 Å². The first-order valence-corrected chi connectivity index (χ1v) is 15.2. The van der Waals surface area contributed by atoms with Gasteiger partial charge in [-0.2, -0.15) is 9.46 Å². The zero-order valence-electron chi connectivity index (χ0n) is 22.2. The van der Waals surface area contributed by atoms with E-state index in [1.807, 2.05) is 28.7 Å². The monoisotopic (exact) mass is 662 g/mol. The number of rotatable bonds is 6. The summed E-state index contributed by atoms with van der Waals surface area (Å²) >= 11 is 2.02. The van der Waals surface area contributed by atoms with Crippen LogP contribution in [0.5, 0.6) is 0 Å². The van der Waals surface area contributed by atoms with Gasteiger partial charge < -0.3 is 9.88 Å². The van der Waals surface area contributed by atoms with Crippen LogP contribution in [0.15, 0.2) is 56.4 Å². The highest BCUT2D eigenvalue weighted by Crippen LogP contribution is 2.37. The SMILES string of the molecule is Cc1c(Nc2ccc(I)cc2F)c2c(=O)n(C3CC3)nc(-c3cccc(N=[S@@](C)(=O)N(C)C)c3)c2n(C)c1=O. The van der Waals surface area contributed by atoms with Crippen molar-refractivity contribution in [1.82, 2.24) is 18.7 Å². The minimum absolute atomic E-state index is 0.0583. The van der Waals surface area contributed by atoms with E-state index in [0.717, 1.165) is 16.4 Å². The lowest BCUT2D eigenvalue weighted by Gasteiger charge is -2.19. The predicted molar refractivity (Wildman–Crippen MR) is 162 cm³/mol. The van der Waals surface area contributed by atoms with Crippen molar-refractivity contribution in [3.05, 3.63) is 78.1 Å². The molecule has 0 saturated heterocycles. The van der Waals surface area contributed by atoms with Crippen LogP contribution in [-0.2, 0) is 17.0 Å². The Labute approximate surface area is 239 Å². The van der Waals surface area contributed by atoms with Crippen molar-refractivity contribution in [1.29, 1.82) is 0 Å². The summed E-state index contributed by atoms with van der Waals surface area (Å²) in [5.41, 5.74) is 1.82. The van der Waals surface area contributed by atoms with E-state index in [0.29, 0.717) is 28.0 Å². The van der Waals surface area contributed by atoms with Gasteiger partial charge in [-0.25, -0.2) is 17.6 Å². The first-order valence-electron chi connectivity index (χ1n) is 12.3. The summed E-state index contributed by atoms with van der Waals surface area (Å²) in [5, 5.41) is 8.03. The average Bonchev–Trinajstić information content (AvgIpc) is 3.71. The number of nitrogens with zero attached hydrogens (tertiary/aromatic N) is 5. The van der Waals surface area contributed by atoms with Gasteiger partial charge in [0.1, 0.15) is 21.4 Å². The Kier molecular flexibility index (Phi) is 7.14. The van der Waals surface area contributed by atoms with Gasteiger partial charge in [0.05, 0.1) is 34.0 Å². The molecule has 1 saturated carbocycles. The average molecular weight is 663 g/mol. The number of anilines is 2. The Morgan fingerprint density at radius 1 is 1.15 bits per heavy atom. The van der Waals surface area contributed by atoms with E-state index in [2.05, 4.69) is 9.68 Å². The molecule has 1 atom stereocenters. The number of aromatic nitrogens is 3. The third-order valence-corrected chi connectivity index (χ3v) is 9.41. The van der Waals surface area contributed by atoms with Crippen LogP contribution in [0.25, 0.3) is 22.2 Å². The standard InChI is InChI=1S/C27H28FIN6O3S/c1-15-23(30-21-12-9-17(29)14-20(21)28)22-25(34(4)26(15)36)24(31-35(27(22)37)19-10-11-19)16-7-6-8-18(13-16)32-39(5,38)33(2)3/h6-9,12-14,19,30H,10-11H2,1-5H3/t39-/m1/s1. The minimum Gasteiger partial charge on any atom is -0.352 e. The lowest BCUT2D eigenvalue weighted by molar-refractivity contribution is 0.598. The summed E-state index contributed by atoms with van der Waals surface area (Å²) in [7, 11) is 2.33. The van der Waals surface area contributed by atoms with Crippen molar-refractivity contribution < 1.29 is 8.60 Å². The molecule has 1 aliphatic rings. The topological polar surface area (TPSA) is 102 Å². The summed E-state index contributed by atoms with van der Waals surface area (Å²) in [6.45, 7) is 1.62. The third kappa shape index (κ3) is 5.12. The van der Waals surface area contributed by atoms with Gasteiger partial charge in [-0.15, -0.1) is 0 Å². The molecule has 0 bridgehead atoms. The summed E-state index contributed by atoms with van der Waals surface area (Å²) in [4.78, 5) is 27.3. The molecule has 1 N–H and O–H groups in total. The van der Waals surface area contributed by atoms with Crippen LogP contribution in [0, 0.1) is 16.3 Å². The largest absolute Gasteiger partial charge is 0.352 e. The van der Waals surface area contributed by atoms with E-state index in [4.69, 9.17) is 5.10 Å². The van der Waals surface area contributed by atoms with Gasteiger partial charge in [0.25, 0.3) is 11.1 Å². The molecule has 2 aromatic heterocycles. The number of aryl methyl sites for hydroxylation is 1. The van der Waals surface area contributed by atoms with Crippen LogP contribution in [0.3, 0.4) is 0 Å². The molecular weight excluding hydrogens is 634 g/mol. The fraction of sp³-hybridized carbons (Fsp3) is 0.296. The van der Waals surface area contributed by atoms with Crippen molar-refractivity contribution in [2.45, 2.75) is 25.8 Å². The third-order valence-electron chi connectivity index (χ3n) is 6.83. The highest BCUT2D eigenvalue weighted by Gasteiger charge is 2.30. The van der Waals surface area contributed by atoms with Crippen LogP contribution in [-0.4, -0.2) is 43.2 Å². The molecule has 39 heavy (non-hydrogen) atoms. The van der Waals surface area contributed by atoms with Gasteiger partial charge in [0, 0.05) is 42.1 Å². The van der Waals surface area contributed by atoms with Crippen molar-refractivity contribution in [2.24, 2.45) is 11.4 Å². The highest BCUT2D eigenvalue weighted by atomic mass is 127. The molecule has 9 nitrogen and oxygen atoms in total. The summed E-state index contributed by atoms with van der Waals surface area (Å²) in [6, 6.07) is 11.7. The number of hydrogen-bond acceptors (Lipinski definition) is 6. The quantitative estimate of drug-likeness (QED) is 0.290. The molecule has 5 rings (SSSR count). The normalized spacial score (nSPS) is 15.0. The van der Waals surface area contributed by atoms with Crippen LogP contribution < -0.4 is 16.4 Å². The minimum atomic E-state index is -2.65. The molecule has 12 heteroatoms. The lowest BCUT2D eigenvalue weighted by Crippen LogP contribution is -2.29. The summed E-state index contributed by atoms with van der Waals surface area (Å²) in [5.74, 6) is -0.495. The second-order valence-corrected chi connectivity index (χ2v) is 13.6. The number of nitrogens with one attached hydrogen (secondary N) is 1. The molecular formula is C27H28FIN6O3S. The lowest BCUT2D eigenvalue weighted by atomic mass is 10.0. The zero-order valence-corrected chi connectivity index (χ0v) is 25.1. The van der Waals surface area contributed by atoms with E-state index in [1.54, 1.807) is 69.0 Å². The van der Waals surface area contributed by atoms with E-state index in [9.17, 15) is 18.2 Å². The van der Waals surface area contributed by atoms with E-state index in [-0.39, 0.29) is 33.9 Å².